The van der Waals surface area contributed by atoms with Crippen molar-refractivity contribution >= 4 is 17.2 Å². The van der Waals surface area contributed by atoms with Crippen LogP contribution in [0.2, 0.25) is 0 Å². The lowest BCUT2D eigenvalue weighted by Gasteiger charge is -2.33. The van der Waals surface area contributed by atoms with Gasteiger partial charge in [-0.15, -0.1) is 11.3 Å². The number of nitrogens with one attached hydrogen (secondary N) is 1. The molecule has 1 amide bonds. The number of likely N-dealkylation sites (N-methyl/N-ethyl adjacent to an activating group) is 1. The molecule has 1 unspecified atom stereocenters. The molecule has 1 aromatic rings. The second kappa shape index (κ2) is 5.41. The molecule has 1 aromatic heterocycles. The molecule has 4 nitrogen and oxygen atoms in total. The Bertz CT molecular complexity index is 333. The van der Waals surface area contributed by atoms with Crippen LogP contribution in [0.3, 0.4) is 0 Å². The van der Waals surface area contributed by atoms with Gasteiger partial charge in [-0.3, -0.25) is 9.78 Å². The Morgan fingerprint density at radius 2 is 2.62 bits per heavy atom. The first-order chi connectivity index (χ1) is 7.83. The Hall–Kier alpha value is -0.940. The molecule has 1 aliphatic heterocycles. The van der Waals surface area contributed by atoms with E-state index in [2.05, 4.69) is 10.3 Å². The van der Waals surface area contributed by atoms with E-state index >= 15 is 0 Å². The zero-order chi connectivity index (χ0) is 11.4. The summed E-state index contributed by atoms with van der Waals surface area (Å²) in [5.74, 6) is 0.124. The molecule has 1 fully saturated rings. The Balaban J connectivity index is 2.06. The van der Waals surface area contributed by atoms with Gasteiger partial charge >= 0.3 is 0 Å². The van der Waals surface area contributed by atoms with Crippen molar-refractivity contribution in [2.24, 2.45) is 0 Å². The van der Waals surface area contributed by atoms with E-state index in [9.17, 15) is 4.79 Å². The topological polar surface area (TPSA) is 45.2 Å². The monoisotopic (exact) mass is 239 g/mol. The maximum Gasteiger partial charge on any atom is 0.265 e. The molecule has 1 N–H and O–H groups in total. The van der Waals surface area contributed by atoms with E-state index in [1.165, 1.54) is 11.3 Å². The molecule has 0 bridgehead atoms. The number of rotatable bonds is 3. The van der Waals surface area contributed by atoms with Crippen molar-refractivity contribution in [1.82, 2.24) is 15.2 Å². The SMILES string of the molecule is CCN(C(=O)c1cncs1)C1CCCNC1. The number of carbonyl (C=O) groups is 1. The van der Waals surface area contributed by atoms with Gasteiger partial charge < -0.3 is 10.2 Å². The van der Waals surface area contributed by atoms with E-state index in [1.54, 1.807) is 11.7 Å². The minimum absolute atomic E-state index is 0.124. The second-order valence-electron chi connectivity index (χ2n) is 3.96. The smallest absolute Gasteiger partial charge is 0.265 e. The molecule has 1 saturated heterocycles. The van der Waals surface area contributed by atoms with Crippen molar-refractivity contribution in [3.63, 3.8) is 0 Å². The highest BCUT2D eigenvalue weighted by Crippen LogP contribution is 2.16. The number of hydrogen-bond acceptors (Lipinski definition) is 4. The van der Waals surface area contributed by atoms with Crippen LogP contribution in [0.4, 0.5) is 0 Å². The summed E-state index contributed by atoms with van der Waals surface area (Å²) < 4.78 is 0. The number of nitrogens with zero attached hydrogens (tertiary/aromatic N) is 2. The summed E-state index contributed by atoms with van der Waals surface area (Å²) in [5, 5.41) is 3.34. The van der Waals surface area contributed by atoms with Crippen LogP contribution in [0.1, 0.15) is 29.4 Å². The third-order valence-electron chi connectivity index (χ3n) is 2.96. The van der Waals surface area contributed by atoms with Gasteiger partial charge in [0, 0.05) is 19.1 Å². The number of thiazole rings is 1. The lowest BCUT2D eigenvalue weighted by atomic mass is 10.1. The number of piperidine rings is 1. The summed E-state index contributed by atoms with van der Waals surface area (Å²) in [4.78, 5) is 18.9. The van der Waals surface area contributed by atoms with Crippen LogP contribution < -0.4 is 5.32 Å². The molecule has 5 heteroatoms. The van der Waals surface area contributed by atoms with Crippen LogP contribution in [0.25, 0.3) is 0 Å². The standard InChI is InChI=1S/C11H17N3OS/c1-2-14(9-4-3-5-12-6-9)11(15)10-7-13-8-16-10/h7-9,12H,2-6H2,1H3. The van der Waals surface area contributed by atoms with Gasteiger partial charge in [0.2, 0.25) is 0 Å². The molecule has 0 saturated carbocycles. The first kappa shape index (κ1) is 11.5. The molecule has 2 heterocycles. The molecule has 1 atom stereocenters. The molecule has 0 spiro atoms. The van der Waals surface area contributed by atoms with Crippen molar-refractivity contribution in [3.8, 4) is 0 Å². The fraction of sp³-hybridized carbons (Fsp3) is 0.636. The molecular weight excluding hydrogens is 222 g/mol. The van der Waals surface area contributed by atoms with Crippen LogP contribution >= 0.6 is 11.3 Å². The number of carbonyl (C=O) groups excluding carboxylic acids is 1. The highest BCUT2D eigenvalue weighted by molar-refractivity contribution is 7.11. The molecule has 0 aromatic carbocycles. The van der Waals surface area contributed by atoms with Gasteiger partial charge in [-0.25, -0.2) is 0 Å². The van der Waals surface area contributed by atoms with E-state index in [1.807, 2.05) is 11.8 Å². The quantitative estimate of drug-likeness (QED) is 0.866. The summed E-state index contributed by atoms with van der Waals surface area (Å²) in [6.45, 7) is 4.79. The van der Waals surface area contributed by atoms with E-state index in [4.69, 9.17) is 0 Å². The summed E-state index contributed by atoms with van der Waals surface area (Å²) in [6, 6.07) is 0.341. The van der Waals surface area contributed by atoms with Crippen molar-refractivity contribution in [1.29, 1.82) is 0 Å². The molecule has 88 valence electrons. The van der Waals surface area contributed by atoms with E-state index in [0.717, 1.165) is 37.4 Å². The van der Waals surface area contributed by atoms with Gasteiger partial charge in [0.15, 0.2) is 0 Å². The maximum atomic E-state index is 12.2. The van der Waals surface area contributed by atoms with Crippen LogP contribution in [-0.4, -0.2) is 41.5 Å². The van der Waals surface area contributed by atoms with Crippen molar-refractivity contribution < 1.29 is 4.79 Å². The van der Waals surface area contributed by atoms with Crippen molar-refractivity contribution in [2.45, 2.75) is 25.8 Å². The van der Waals surface area contributed by atoms with Crippen molar-refractivity contribution in [2.75, 3.05) is 19.6 Å². The lowest BCUT2D eigenvalue weighted by molar-refractivity contribution is 0.0667. The predicted octanol–water partition coefficient (Wildman–Crippen LogP) is 1.36. The minimum atomic E-state index is 0.124. The molecule has 16 heavy (non-hydrogen) atoms. The van der Waals surface area contributed by atoms with Gasteiger partial charge in [-0.2, -0.15) is 0 Å². The first-order valence-corrected chi connectivity index (χ1v) is 6.61. The molecule has 0 radical (unpaired) electrons. The van der Waals surface area contributed by atoms with E-state index in [0.29, 0.717) is 6.04 Å². The van der Waals surface area contributed by atoms with E-state index < -0.39 is 0 Å². The normalized spacial score (nSPS) is 20.7. The van der Waals surface area contributed by atoms with Crippen LogP contribution in [0.5, 0.6) is 0 Å². The highest BCUT2D eigenvalue weighted by Gasteiger charge is 2.25. The molecule has 0 aliphatic carbocycles. The third-order valence-corrected chi connectivity index (χ3v) is 3.72. The summed E-state index contributed by atoms with van der Waals surface area (Å²) in [7, 11) is 0. The van der Waals surface area contributed by atoms with Crippen LogP contribution in [0, 0.1) is 0 Å². The minimum Gasteiger partial charge on any atom is -0.334 e. The van der Waals surface area contributed by atoms with Crippen LogP contribution in [-0.2, 0) is 0 Å². The summed E-state index contributed by atoms with van der Waals surface area (Å²) in [5.41, 5.74) is 1.71. The van der Waals surface area contributed by atoms with Gasteiger partial charge in [-0.1, -0.05) is 0 Å². The largest absolute Gasteiger partial charge is 0.334 e. The summed E-state index contributed by atoms with van der Waals surface area (Å²) in [6.07, 6.45) is 3.91. The lowest BCUT2D eigenvalue weighted by Crippen LogP contribution is -2.48. The first-order valence-electron chi connectivity index (χ1n) is 5.73. The number of amides is 1. The summed E-state index contributed by atoms with van der Waals surface area (Å²) >= 11 is 1.42. The highest BCUT2D eigenvalue weighted by atomic mass is 32.1. The second-order valence-corrected chi connectivity index (χ2v) is 4.84. The Labute approximate surface area is 99.7 Å². The van der Waals surface area contributed by atoms with Gasteiger partial charge in [0.25, 0.3) is 5.91 Å². The fourth-order valence-electron chi connectivity index (χ4n) is 2.13. The molecule has 2 rings (SSSR count). The average molecular weight is 239 g/mol. The Morgan fingerprint density at radius 1 is 1.75 bits per heavy atom. The fourth-order valence-corrected chi connectivity index (χ4v) is 2.71. The van der Waals surface area contributed by atoms with Crippen molar-refractivity contribution in [3.05, 3.63) is 16.6 Å². The predicted molar refractivity (Wildman–Crippen MR) is 64.7 cm³/mol. The molecule has 1 aliphatic rings. The van der Waals surface area contributed by atoms with Gasteiger partial charge in [-0.05, 0) is 26.3 Å². The maximum absolute atomic E-state index is 12.2. The Kier molecular flexibility index (Phi) is 3.90. The van der Waals surface area contributed by atoms with Gasteiger partial charge in [0.05, 0.1) is 11.7 Å². The van der Waals surface area contributed by atoms with Gasteiger partial charge in [0.1, 0.15) is 4.88 Å². The average Bonchev–Trinajstić information content (AvgIpc) is 2.85. The Morgan fingerprint density at radius 3 is 3.19 bits per heavy atom. The molecular formula is C11H17N3OS. The third kappa shape index (κ3) is 2.41. The zero-order valence-corrected chi connectivity index (χ0v) is 10.3. The number of aromatic nitrogens is 1. The number of hydrogen-bond donors (Lipinski definition) is 1. The van der Waals surface area contributed by atoms with E-state index in [-0.39, 0.29) is 5.91 Å². The zero-order valence-electron chi connectivity index (χ0n) is 9.48. The van der Waals surface area contributed by atoms with Crippen LogP contribution in [0.15, 0.2) is 11.7 Å².